The van der Waals surface area contributed by atoms with Crippen LogP contribution in [0.25, 0.3) is 0 Å². The summed E-state index contributed by atoms with van der Waals surface area (Å²) in [6.45, 7) is 4.47. The van der Waals surface area contributed by atoms with Gasteiger partial charge in [0.25, 0.3) is 0 Å². The summed E-state index contributed by atoms with van der Waals surface area (Å²) in [5.41, 5.74) is -1.49. The number of carboxylic acids is 1. The van der Waals surface area contributed by atoms with Gasteiger partial charge >= 0.3 is 5.97 Å². The van der Waals surface area contributed by atoms with Crippen LogP contribution < -0.4 is 0 Å². The molecule has 1 aromatic carbocycles. The molecule has 0 radical (unpaired) electrons. The second kappa shape index (κ2) is 5.76. The summed E-state index contributed by atoms with van der Waals surface area (Å²) in [5, 5.41) is 9.19. The summed E-state index contributed by atoms with van der Waals surface area (Å²) in [6, 6.07) is 6.32. The van der Waals surface area contributed by atoms with Crippen molar-refractivity contribution in [2.75, 3.05) is 6.54 Å². The molecule has 1 rings (SSSR count). The minimum Gasteiger partial charge on any atom is -0.480 e. The minimum absolute atomic E-state index is 0.0909. The van der Waals surface area contributed by atoms with Gasteiger partial charge in [-0.3, -0.25) is 4.79 Å². The highest BCUT2D eigenvalue weighted by molar-refractivity contribution is 14.1. The lowest BCUT2D eigenvalue weighted by atomic mass is 10.1. The van der Waals surface area contributed by atoms with Crippen LogP contribution in [0.5, 0.6) is 0 Å². The molecule has 0 spiro atoms. The maximum Gasteiger partial charge on any atom is 0.324 e. The van der Waals surface area contributed by atoms with E-state index >= 15 is 0 Å². The lowest BCUT2D eigenvalue weighted by molar-refractivity contribution is -0.146. The molecule has 0 aromatic heterocycles. The van der Waals surface area contributed by atoms with Crippen LogP contribution >= 0.6 is 22.6 Å². The van der Waals surface area contributed by atoms with Crippen LogP contribution in [0.3, 0.4) is 0 Å². The van der Waals surface area contributed by atoms with Gasteiger partial charge < -0.3 is 5.11 Å². The Bertz CT molecular complexity index is 566. The highest BCUT2D eigenvalue weighted by Crippen LogP contribution is 2.25. The summed E-state index contributed by atoms with van der Waals surface area (Å²) >= 11 is 2.08. The van der Waals surface area contributed by atoms with E-state index in [4.69, 9.17) is 0 Å². The van der Waals surface area contributed by atoms with E-state index < -0.39 is 21.5 Å². The molecule has 0 aliphatic rings. The largest absolute Gasteiger partial charge is 0.480 e. The normalized spacial score (nSPS) is 12.7. The monoisotopic (exact) mass is 397 g/mol. The zero-order valence-corrected chi connectivity index (χ0v) is 13.9. The van der Waals surface area contributed by atoms with Crippen molar-refractivity contribution >= 4 is 38.6 Å². The number of aliphatic carboxylic acids is 1. The smallest absolute Gasteiger partial charge is 0.324 e. The molecule has 0 bridgehead atoms. The van der Waals surface area contributed by atoms with E-state index in [1.165, 1.54) is 26.0 Å². The summed E-state index contributed by atoms with van der Waals surface area (Å²) in [4.78, 5) is 11.3. The van der Waals surface area contributed by atoms with Crippen molar-refractivity contribution in [3.8, 4) is 0 Å². The van der Waals surface area contributed by atoms with Gasteiger partial charge in [-0.05, 0) is 60.7 Å². The van der Waals surface area contributed by atoms with Gasteiger partial charge in [-0.2, -0.15) is 4.31 Å². The third-order valence-electron chi connectivity index (χ3n) is 2.84. The predicted octanol–water partition coefficient (Wildman–Crippen LogP) is 2.17. The van der Waals surface area contributed by atoms with Crippen LogP contribution in [0.1, 0.15) is 20.8 Å². The molecule has 0 saturated heterocycles. The first-order valence-corrected chi connectivity index (χ1v) is 8.17. The molecule has 0 heterocycles. The summed E-state index contributed by atoms with van der Waals surface area (Å²) < 4.78 is 26.9. The van der Waals surface area contributed by atoms with E-state index in [2.05, 4.69) is 22.6 Å². The molecule has 7 heteroatoms. The molecule has 0 aliphatic heterocycles. The third kappa shape index (κ3) is 3.26. The molecule has 0 unspecified atom stereocenters. The molecular formula is C12H16INO4S. The average molecular weight is 397 g/mol. The molecule has 0 atom stereocenters. The molecule has 0 amide bonds. The number of carbonyl (C=O) groups is 1. The van der Waals surface area contributed by atoms with Crippen LogP contribution in [0.4, 0.5) is 0 Å². The number of benzene rings is 1. The Labute approximate surface area is 126 Å². The van der Waals surface area contributed by atoms with Gasteiger partial charge in [-0.15, -0.1) is 0 Å². The molecule has 0 aliphatic carbocycles. The van der Waals surface area contributed by atoms with Crippen LogP contribution in [0.2, 0.25) is 0 Å². The molecule has 1 N–H and O–H groups in total. The number of nitrogens with zero attached hydrogens (tertiary/aromatic N) is 1. The van der Waals surface area contributed by atoms with Crippen molar-refractivity contribution in [3.05, 3.63) is 27.8 Å². The highest BCUT2D eigenvalue weighted by Gasteiger charge is 2.41. The maximum absolute atomic E-state index is 12.5. The van der Waals surface area contributed by atoms with Gasteiger partial charge in [0, 0.05) is 10.1 Å². The third-order valence-corrected chi connectivity index (χ3v) is 5.72. The molecule has 106 valence electrons. The lowest BCUT2D eigenvalue weighted by Gasteiger charge is -2.33. The molecule has 0 saturated carbocycles. The molecule has 0 fully saturated rings. The van der Waals surface area contributed by atoms with E-state index in [9.17, 15) is 18.3 Å². The molecule has 19 heavy (non-hydrogen) atoms. The van der Waals surface area contributed by atoms with E-state index in [1.54, 1.807) is 19.1 Å². The first-order chi connectivity index (χ1) is 8.64. The number of carboxylic acid groups (broad SMARTS) is 1. The van der Waals surface area contributed by atoms with Crippen molar-refractivity contribution in [1.29, 1.82) is 0 Å². The second-order valence-corrected chi connectivity index (χ2v) is 7.60. The second-order valence-electron chi connectivity index (χ2n) is 4.49. The van der Waals surface area contributed by atoms with Crippen LogP contribution in [-0.2, 0) is 14.8 Å². The number of hydrogen-bond acceptors (Lipinski definition) is 3. The predicted molar refractivity (Wildman–Crippen MR) is 80.4 cm³/mol. The van der Waals surface area contributed by atoms with Crippen molar-refractivity contribution in [2.45, 2.75) is 31.2 Å². The molecule has 5 nitrogen and oxygen atoms in total. The van der Waals surface area contributed by atoms with Gasteiger partial charge in [0.15, 0.2) is 0 Å². The van der Waals surface area contributed by atoms with Gasteiger partial charge in [-0.25, -0.2) is 8.42 Å². The zero-order chi connectivity index (χ0) is 14.8. The quantitative estimate of drug-likeness (QED) is 0.773. The Kier molecular flexibility index (Phi) is 4.97. The van der Waals surface area contributed by atoms with Gasteiger partial charge in [0.05, 0.1) is 4.90 Å². The van der Waals surface area contributed by atoms with Crippen molar-refractivity contribution < 1.29 is 18.3 Å². The Morgan fingerprint density at radius 2 is 1.79 bits per heavy atom. The number of rotatable bonds is 5. The Morgan fingerprint density at radius 3 is 2.16 bits per heavy atom. The zero-order valence-electron chi connectivity index (χ0n) is 10.9. The van der Waals surface area contributed by atoms with E-state index in [-0.39, 0.29) is 11.4 Å². The van der Waals surface area contributed by atoms with Crippen molar-refractivity contribution in [3.63, 3.8) is 0 Å². The Hall–Kier alpha value is -0.670. The summed E-state index contributed by atoms with van der Waals surface area (Å²) in [7, 11) is -3.82. The van der Waals surface area contributed by atoms with E-state index in [1.807, 2.05) is 0 Å². The van der Waals surface area contributed by atoms with Gasteiger partial charge in [0.2, 0.25) is 10.0 Å². The van der Waals surface area contributed by atoms with Crippen LogP contribution in [-0.4, -0.2) is 35.9 Å². The highest BCUT2D eigenvalue weighted by atomic mass is 127. The number of sulfonamides is 1. The number of likely N-dealkylation sites (N-methyl/N-ethyl adjacent to an activating group) is 1. The van der Waals surface area contributed by atoms with E-state index in [0.29, 0.717) is 0 Å². The Balaban J connectivity index is 3.31. The van der Waals surface area contributed by atoms with Gasteiger partial charge in [-0.1, -0.05) is 6.92 Å². The summed E-state index contributed by atoms with van der Waals surface area (Å²) in [5.74, 6) is -1.18. The summed E-state index contributed by atoms with van der Waals surface area (Å²) in [6.07, 6.45) is 0. The SMILES string of the molecule is CCN(C(C)(C)C(=O)O)S(=O)(=O)c1ccc(I)cc1. The Morgan fingerprint density at radius 1 is 1.32 bits per heavy atom. The number of halogens is 1. The fourth-order valence-electron chi connectivity index (χ4n) is 1.71. The van der Waals surface area contributed by atoms with Crippen molar-refractivity contribution in [1.82, 2.24) is 4.31 Å². The van der Waals surface area contributed by atoms with Crippen molar-refractivity contribution in [2.24, 2.45) is 0 Å². The average Bonchev–Trinajstić information content (AvgIpc) is 2.29. The number of hydrogen-bond donors (Lipinski definition) is 1. The lowest BCUT2D eigenvalue weighted by Crippen LogP contribution is -2.52. The first-order valence-electron chi connectivity index (χ1n) is 5.66. The fraction of sp³-hybridized carbons (Fsp3) is 0.417. The molecular weight excluding hydrogens is 381 g/mol. The van der Waals surface area contributed by atoms with Gasteiger partial charge in [0.1, 0.15) is 5.54 Å². The van der Waals surface area contributed by atoms with Crippen LogP contribution in [0, 0.1) is 3.57 Å². The van der Waals surface area contributed by atoms with Crippen LogP contribution in [0.15, 0.2) is 29.2 Å². The first kappa shape index (κ1) is 16.4. The topological polar surface area (TPSA) is 74.7 Å². The minimum atomic E-state index is -3.82. The fourth-order valence-corrected chi connectivity index (χ4v) is 3.82. The maximum atomic E-state index is 12.5. The standard InChI is InChI=1S/C12H16INO4S/c1-4-14(12(2,3)11(15)16)19(17,18)10-7-5-9(13)6-8-10/h5-8H,4H2,1-3H3,(H,15,16). The molecule has 1 aromatic rings. The van der Waals surface area contributed by atoms with E-state index in [0.717, 1.165) is 7.88 Å².